The number of carbonyl (C=O) groups excluding carboxylic acids is 3. The molecule has 0 aliphatic carbocycles. The summed E-state index contributed by atoms with van der Waals surface area (Å²) in [5.41, 5.74) is 0. The molecule has 1 unspecified atom stereocenters. The molecular weight excluding hydrogens is 518 g/mol. The van der Waals surface area contributed by atoms with E-state index in [1.165, 1.54) is 103 Å². The Kier molecular flexibility index (Phi) is 28.7. The van der Waals surface area contributed by atoms with Crippen LogP contribution < -0.4 is 0 Å². The molecular formula is C34H65NO6. The molecule has 1 atom stereocenters. The number of hydrogen-bond donors (Lipinski definition) is 1. The highest BCUT2D eigenvalue weighted by atomic mass is 16.6. The lowest BCUT2D eigenvalue weighted by atomic mass is 10.1. The van der Waals surface area contributed by atoms with Crippen molar-refractivity contribution in [2.45, 2.75) is 188 Å². The smallest absolute Gasteiger partial charge is 0.307 e. The maximum absolute atomic E-state index is 12.5. The summed E-state index contributed by atoms with van der Waals surface area (Å²) in [7, 11) is 0. The molecule has 0 aliphatic rings. The zero-order chi connectivity index (χ0) is 30.4. The van der Waals surface area contributed by atoms with Crippen LogP contribution in [0.3, 0.4) is 0 Å². The third kappa shape index (κ3) is 24.7. The molecule has 0 aromatic rings. The summed E-state index contributed by atoms with van der Waals surface area (Å²) in [4.78, 5) is 38.1. The van der Waals surface area contributed by atoms with Crippen LogP contribution in [0.15, 0.2) is 0 Å². The van der Waals surface area contributed by atoms with E-state index in [1.54, 1.807) is 6.92 Å². The average Bonchev–Trinajstić information content (AvgIpc) is 2.97. The van der Waals surface area contributed by atoms with Crippen LogP contribution in [-0.2, 0) is 23.9 Å². The van der Waals surface area contributed by atoms with E-state index in [1.807, 2.05) is 0 Å². The molecule has 7 nitrogen and oxygen atoms in total. The van der Waals surface area contributed by atoms with Gasteiger partial charge in [-0.1, -0.05) is 149 Å². The predicted octanol–water partition coefficient (Wildman–Crippen LogP) is 8.99. The van der Waals surface area contributed by atoms with E-state index in [-0.39, 0.29) is 31.3 Å². The minimum atomic E-state index is -1.10. The molecule has 242 valence electrons. The predicted molar refractivity (Wildman–Crippen MR) is 167 cm³/mol. The fourth-order valence-corrected chi connectivity index (χ4v) is 5.04. The van der Waals surface area contributed by atoms with Crippen molar-refractivity contribution in [3.8, 4) is 0 Å². The molecule has 0 radical (unpaired) electrons. The van der Waals surface area contributed by atoms with Crippen LogP contribution >= 0.6 is 0 Å². The Hall–Kier alpha value is -1.63. The quantitative estimate of drug-likeness (QED) is 0.0515. The summed E-state index contributed by atoms with van der Waals surface area (Å²) in [6.07, 6.45) is 25.9. The fourth-order valence-electron chi connectivity index (χ4n) is 5.04. The molecule has 0 aliphatic heterocycles. The molecule has 0 bridgehead atoms. The molecule has 0 fully saturated rings. The van der Waals surface area contributed by atoms with Gasteiger partial charge < -0.3 is 14.6 Å². The lowest BCUT2D eigenvalue weighted by Gasteiger charge is -2.29. The number of aliphatic hydroxyl groups is 1. The standard InChI is InChI=1S/C34H65NO6/c1-4-7-9-11-13-15-17-19-21-23-25-27-33(38)40-29-32(35(30-36)31(37)6-3)41-34(39)28-26-24-22-20-18-16-14-12-10-8-5-2/h32,36H,4-30H2,1-3H3. The molecule has 0 saturated carbocycles. The summed E-state index contributed by atoms with van der Waals surface area (Å²) in [5.74, 6) is -1.16. The summed E-state index contributed by atoms with van der Waals surface area (Å²) < 4.78 is 10.9. The van der Waals surface area contributed by atoms with E-state index in [4.69, 9.17) is 9.47 Å². The van der Waals surface area contributed by atoms with Crippen molar-refractivity contribution < 1.29 is 29.0 Å². The van der Waals surface area contributed by atoms with Gasteiger partial charge >= 0.3 is 11.9 Å². The van der Waals surface area contributed by atoms with Crippen LogP contribution in [0.5, 0.6) is 0 Å². The first kappa shape index (κ1) is 39.4. The van der Waals surface area contributed by atoms with Crippen LogP contribution in [0.2, 0.25) is 0 Å². The van der Waals surface area contributed by atoms with Gasteiger partial charge in [-0.3, -0.25) is 19.3 Å². The molecule has 0 aromatic carbocycles. The SMILES string of the molecule is CCCCCCCCCCCCCC(=O)OCC(OC(=O)CCCCCCCCCCCCC)N(CO)C(=O)CC. The van der Waals surface area contributed by atoms with Gasteiger partial charge in [0.1, 0.15) is 13.3 Å². The molecule has 0 aromatic heterocycles. The number of amides is 1. The van der Waals surface area contributed by atoms with Crippen LogP contribution in [0.4, 0.5) is 0 Å². The van der Waals surface area contributed by atoms with Gasteiger partial charge in [-0.05, 0) is 12.8 Å². The van der Waals surface area contributed by atoms with Gasteiger partial charge in [-0.15, -0.1) is 0 Å². The molecule has 7 heteroatoms. The minimum absolute atomic E-state index is 0.153. The van der Waals surface area contributed by atoms with Crippen LogP contribution in [0.25, 0.3) is 0 Å². The van der Waals surface area contributed by atoms with Gasteiger partial charge in [0.15, 0.2) is 0 Å². The van der Waals surface area contributed by atoms with E-state index >= 15 is 0 Å². The normalized spacial score (nSPS) is 11.8. The van der Waals surface area contributed by atoms with Crippen molar-refractivity contribution in [2.24, 2.45) is 0 Å². The van der Waals surface area contributed by atoms with Crippen molar-refractivity contribution in [1.82, 2.24) is 4.90 Å². The zero-order valence-corrected chi connectivity index (χ0v) is 27.1. The number of nitrogens with zero attached hydrogens (tertiary/aromatic N) is 1. The van der Waals surface area contributed by atoms with E-state index in [0.29, 0.717) is 6.42 Å². The monoisotopic (exact) mass is 583 g/mol. The first-order valence-corrected chi connectivity index (χ1v) is 17.2. The highest BCUT2D eigenvalue weighted by Gasteiger charge is 2.27. The number of rotatable bonds is 30. The Labute approximate surface area is 252 Å². The Bertz CT molecular complexity index is 626. The van der Waals surface area contributed by atoms with Crippen LogP contribution in [0.1, 0.15) is 181 Å². The first-order valence-electron chi connectivity index (χ1n) is 17.2. The topological polar surface area (TPSA) is 93.1 Å². The number of carbonyl (C=O) groups is 3. The van der Waals surface area contributed by atoms with Gasteiger partial charge in [-0.25, -0.2) is 0 Å². The van der Waals surface area contributed by atoms with Crippen molar-refractivity contribution in [1.29, 1.82) is 0 Å². The highest BCUT2D eigenvalue weighted by Crippen LogP contribution is 2.15. The summed E-state index contributed by atoms with van der Waals surface area (Å²) in [6.45, 7) is 5.29. The Morgan fingerprint density at radius 3 is 1.29 bits per heavy atom. The van der Waals surface area contributed by atoms with Gasteiger partial charge in [0, 0.05) is 19.3 Å². The second-order valence-electron chi connectivity index (χ2n) is 11.6. The third-order valence-corrected chi connectivity index (χ3v) is 7.75. The molecule has 0 saturated heterocycles. The molecule has 0 spiro atoms. The van der Waals surface area contributed by atoms with E-state index in [0.717, 1.165) is 43.4 Å². The first-order chi connectivity index (χ1) is 20.0. The van der Waals surface area contributed by atoms with Crippen molar-refractivity contribution in [2.75, 3.05) is 13.3 Å². The van der Waals surface area contributed by atoms with E-state index in [2.05, 4.69) is 13.8 Å². The summed E-state index contributed by atoms with van der Waals surface area (Å²) in [6, 6.07) is 0. The Morgan fingerprint density at radius 2 is 0.927 bits per heavy atom. The Balaban J connectivity index is 4.20. The molecule has 1 amide bonds. The lowest BCUT2D eigenvalue weighted by Crippen LogP contribution is -2.46. The van der Waals surface area contributed by atoms with Crippen LogP contribution in [0, 0.1) is 0 Å². The zero-order valence-electron chi connectivity index (χ0n) is 27.1. The molecule has 1 N–H and O–H groups in total. The van der Waals surface area contributed by atoms with Gasteiger partial charge in [0.25, 0.3) is 0 Å². The van der Waals surface area contributed by atoms with Gasteiger partial charge in [-0.2, -0.15) is 0 Å². The molecule has 0 rings (SSSR count). The van der Waals surface area contributed by atoms with Crippen molar-refractivity contribution in [3.63, 3.8) is 0 Å². The maximum atomic E-state index is 12.5. The number of aliphatic hydroxyl groups excluding tert-OH is 1. The summed E-state index contributed by atoms with van der Waals surface area (Å²) in [5, 5.41) is 9.74. The number of ether oxygens (including phenoxy) is 2. The number of hydrogen-bond acceptors (Lipinski definition) is 6. The summed E-state index contributed by atoms with van der Waals surface area (Å²) >= 11 is 0. The average molecular weight is 584 g/mol. The second kappa shape index (κ2) is 29.8. The van der Waals surface area contributed by atoms with Crippen LogP contribution in [-0.4, -0.2) is 47.4 Å². The fraction of sp³-hybridized carbons (Fsp3) is 0.912. The highest BCUT2D eigenvalue weighted by molar-refractivity contribution is 5.76. The number of esters is 2. The van der Waals surface area contributed by atoms with Gasteiger partial charge in [0.05, 0.1) is 0 Å². The maximum Gasteiger partial charge on any atom is 0.307 e. The van der Waals surface area contributed by atoms with E-state index < -0.39 is 18.9 Å². The number of unbranched alkanes of at least 4 members (excludes halogenated alkanes) is 20. The Morgan fingerprint density at radius 1 is 0.561 bits per heavy atom. The largest absolute Gasteiger partial charge is 0.460 e. The van der Waals surface area contributed by atoms with Crippen molar-refractivity contribution in [3.05, 3.63) is 0 Å². The van der Waals surface area contributed by atoms with E-state index in [9.17, 15) is 19.5 Å². The molecule has 41 heavy (non-hydrogen) atoms. The third-order valence-electron chi connectivity index (χ3n) is 7.75. The lowest BCUT2D eigenvalue weighted by molar-refractivity contribution is -0.181. The van der Waals surface area contributed by atoms with Gasteiger partial charge in [0.2, 0.25) is 12.1 Å². The molecule has 0 heterocycles. The van der Waals surface area contributed by atoms with Crippen molar-refractivity contribution >= 4 is 17.8 Å². The minimum Gasteiger partial charge on any atom is -0.460 e. The second-order valence-corrected chi connectivity index (χ2v) is 11.6.